The van der Waals surface area contributed by atoms with Gasteiger partial charge in [-0.2, -0.15) is 0 Å². The Balaban J connectivity index is 2.56. The van der Waals surface area contributed by atoms with Crippen LogP contribution in [0.25, 0.3) is 0 Å². The van der Waals surface area contributed by atoms with Crippen LogP contribution in [-0.2, 0) is 14.4 Å². The van der Waals surface area contributed by atoms with Gasteiger partial charge in [0.05, 0.1) is 0 Å². The Kier molecular flexibility index (Phi) is 5.29. The van der Waals surface area contributed by atoms with Crippen molar-refractivity contribution in [2.24, 2.45) is 5.73 Å². The first-order valence-corrected chi connectivity index (χ1v) is 6.42. The van der Waals surface area contributed by atoms with Crippen LogP contribution >= 0.6 is 0 Å². The van der Waals surface area contributed by atoms with E-state index in [1.54, 1.807) is 13.8 Å². The molecule has 1 fully saturated rings. The van der Waals surface area contributed by atoms with Gasteiger partial charge >= 0.3 is 11.8 Å². The maximum atomic E-state index is 12.0. The predicted octanol–water partition coefficient (Wildman–Crippen LogP) is -1.42. The average Bonchev–Trinajstić information content (AvgIpc) is 2.53. The maximum absolute atomic E-state index is 12.0. The van der Waals surface area contributed by atoms with Crippen LogP contribution in [0.15, 0.2) is 0 Å². The van der Waals surface area contributed by atoms with Gasteiger partial charge in [0.25, 0.3) is 0 Å². The van der Waals surface area contributed by atoms with Crippen LogP contribution in [0.2, 0.25) is 0 Å². The second-order valence-corrected chi connectivity index (χ2v) is 5.38. The molecule has 0 radical (unpaired) electrons. The zero-order valence-electron chi connectivity index (χ0n) is 11.5. The minimum atomic E-state index is -0.817. The molecule has 1 aliphatic heterocycles. The van der Waals surface area contributed by atoms with E-state index in [9.17, 15) is 14.4 Å². The zero-order valence-corrected chi connectivity index (χ0v) is 11.5. The van der Waals surface area contributed by atoms with Crippen LogP contribution in [0.5, 0.6) is 0 Å². The normalized spacial score (nSPS) is 16.6. The Hall–Kier alpha value is -1.63. The number of nitrogens with one attached hydrogen (secondary N) is 2. The highest BCUT2D eigenvalue weighted by atomic mass is 16.2. The van der Waals surface area contributed by atoms with E-state index in [1.807, 2.05) is 0 Å². The Bertz CT molecular complexity index is 360. The van der Waals surface area contributed by atoms with Crippen molar-refractivity contribution in [3.8, 4) is 0 Å². The van der Waals surface area contributed by atoms with Crippen LogP contribution in [0, 0.1) is 0 Å². The van der Waals surface area contributed by atoms with Crippen molar-refractivity contribution in [3.05, 3.63) is 0 Å². The van der Waals surface area contributed by atoms with Crippen molar-refractivity contribution in [2.75, 3.05) is 26.2 Å². The molecule has 4 N–H and O–H groups in total. The smallest absolute Gasteiger partial charge is 0.311 e. The summed E-state index contributed by atoms with van der Waals surface area (Å²) in [6.07, 6.45) is 0.817. The Morgan fingerprint density at radius 3 is 2.58 bits per heavy atom. The summed E-state index contributed by atoms with van der Waals surface area (Å²) in [5.41, 5.74) is 4.28. The first-order valence-electron chi connectivity index (χ1n) is 6.42. The Labute approximate surface area is 112 Å². The molecule has 1 rings (SSSR count). The molecule has 0 atom stereocenters. The van der Waals surface area contributed by atoms with E-state index in [4.69, 9.17) is 5.73 Å². The quantitative estimate of drug-likeness (QED) is 0.547. The van der Waals surface area contributed by atoms with E-state index in [-0.39, 0.29) is 6.42 Å². The van der Waals surface area contributed by atoms with Gasteiger partial charge in [0.1, 0.15) is 0 Å². The highest BCUT2D eigenvalue weighted by molar-refractivity contribution is 6.35. The summed E-state index contributed by atoms with van der Waals surface area (Å²) in [6, 6.07) is 0. The van der Waals surface area contributed by atoms with Crippen molar-refractivity contribution >= 4 is 17.7 Å². The molecule has 1 heterocycles. The fourth-order valence-electron chi connectivity index (χ4n) is 2.03. The molecule has 0 unspecified atom stereocenters. The van der Waals surface area contributed by atoms with Crippen LogP contribution in [0.1, 0.15) is 26.7 Å². The van der Waals surface area contributed by atoms with E-state index < -0.39 is 23.3 Å². The number of rotatable bonds is 3. The van der Waals surface area contributed by atoms with Crippen molar-refractivity contribution in [1.29, 1.82) is 0 Å². The lowest BCUT2D eigenvalue weighted by Crippen LogP contribution is -2.52. The lowest BCUT2D eigenvalue weighted by Gasteiger charge is -2.26. The van der Waals surface area contributed by atoms with E-state index in [0.717, 1.165) is 13.0 Å². The fraction of sp³-hybridized carbons (Fsp3) is 0.750. The van der Waals surface area contributed by atoms with Crippen molar-refractivity contribution < 1.29 is 14.4 Å². The fourth-order valence-corrected chi connectivity index (χ4v) is 2.03. The van der Waals surface area contributed by atoms with Gasteiger partial charge in [-0.3, -0.25) is 14.4 Å². The monoisotopic (exact) mass is 270 g/mol. The van der Waals surface area contributed by atoms with Gasteiger partial charge in [-0.1, -0.05) is 0 Å². The number of amides is 3. The molecule has 19 heavy (non-hydrogen) atoms. The van der Waals surface area contributed by atoms with Gasteiger partial charge in [-0.15, -0.1) is 0 Å². The summed E-state index contributed by atoms with van der Waals surface area (Å²) >= 11 is 0. The lowest BCUT2D eigenvalue weighted by molar-refractivity contribution is -0.146. The summed E-state index contributed by atoms with van der Waals surface area (Å²) < 4.78 is 0. The number of carbonyl (C=O) groups is 3. The molecule has 0 spiro atoms. The van der Waals surface area contributed by atoms with Crippen molar-refractivity contribution in [3.63, 3.8) is 0 Å². The molecule has 0 aromatic rings. The zero-order chi connectivity index (χ0) is 14.5. The number of carbonyl (C=O) groups excluding carboxylic acids is 3. The Morgan fingerprint density at radius 2 is 1.95 bits per heavy atom. The van der Waals surface area contributed by atoms with E-state index in [2.05, 4.69) is 10.6 Å². The summed E-state index contributed by atoms with van der Waals surface area (Å²) in [7, 11) is 0. The van der Waals surface area contributed by atoms with Gasteiger partial charge < -0.3 is 21.3 Å². The first-order chi connectivity index (χ1) is 8.82. The van der Waals surface area contributed by atoms with Gasteiger partial charge in [0.2, 0.25) is 5.91 Å². The van der Waals surface area contributed by atoms with Gasteiger partial charge in [0.15, 0.2) is 0 Å². The molecule has 7 heteroatoms. The molecule has 0 aromatic heterocycles. The maximum Gasteiger partial charge on any atom is 0.311 e. The van der Waals surface area contributed by atoms with Gasteiger partial charge in [-0.25, -0.2) is 0 Å². The van der Waals surface area contributed by atoms with E-state index >= 15 is 0 Å². The van der Waals surface area contributed by atoms with Crippen LogP contribution in [0.4, 0.5) is 0 Å². The predicted molar refractivity (Wildman–Crippen MR) is 70.1 cm³/mol. The highest BCUT2D eigenvalue weighted by Gasteiger charge is 2.29. The minimum absolute atomic E-state index is 0.00637. The summed E-state index contributed by atoms with van der Waals surface area (Å²) in [5, 5.41) is 5.71. The average molecular weight is 270 g/mol. The number of nitrogens with two attached hydrogens (primary N) is 1. The molecular formula is C12H22N4O3. The number of hydrogen-bond acceptors (Lipinski definition) is 4. The summed E-state index contributed by atoms with van der Waals surface area (Å²) in [4.78, 5) is 36.3. The SMILES string of the molecule is CC(C)(CC(N)=O)NC(=O)C(=O)N1CCCNCC1. The van der Waals surface area contributed by atoms with E-state index in [1.165, 1.54) is 4.90 Å². The summed E-state index contributed by atoms with van der Waals surface area (Å²) in [5.74, 6) is -1.76. The number of hydrogen-bond donors (Lipinski definition) is 3. The molecule has 0 saturated carbocycles. The molecule has 1 saturated heterocycles. The molecular weight excluding hydrogens is 248 g/mol. The van der Waals surface area contributed by atoms with Crippen LogP contribution < -0.4 is 16.4 Å². The number of primary amides is 1. The molecule has 108 valence electrons. The molecule has 0 bridgehead atoms. The third-order valence-electron chi connectivity index (χ3n) is 2.89. The second-order valence-electron chi connectivity index (χ2n) is 5.38. The molecule has 7 nitrogen and oxygen atoms in total. The third-order valence-corrected chi connectivity index (χ3v) is 2.89. The highest BCUT2D eigenvalue weighted by Crippen LogP contribution is 2.08. The molecule has 1 aliphatic rings. The number of nitrogens with zero attached hydrogens (tertiary/aromatic N) is 1. The van der Waals surface area contributed by atoms with Crippen molar-refractivity contribution in [2.45, 2.75) is 32.2 Å². The van der Waals surface area contributed by atoms with E-state index in [0.29, 0.717) is 19.6 Å². The van der Waals surface area contributed by atoms with Crippen LogP contribution in [-0.4, -0.2) is 54.3 Å². The molecule has 0 aromatic carbocycles. The van der Waals surface area contributed by atoms with Crippen LogP contribution in [0.3, 0.4) is 0 Å². The van der Waals surface area contributed by atoms with Gasteiger partial charge in [-0.05, 0) is 26.8 Å². The second kappa shape index (κ2) is 6.51. The standard InChI is InChI=1S/C12H22N4O3/c1-12(2,8-9(13)17)15-10(18)11(19)16-6-3-4-14-5-7-16/h14H,3-8H2,1-2H3,(H2,13,17)(H,15,18). The lowest BCUT2D eigenvalue weighted by atomic mass is 10.0. The third kappa shape index (κ3) is 5.25. The summed E-state index contributed by atoms with van der Waals surface area (Å²) in [6.45, 7) is 5.93. The van der Waals surface area contributed by atoms with Gasteiger partial charge in [0, 0.05) is 31.6 Å². The van der Waals surface area contributed by atoms with Crippen molar-refractivity contribution in [1.82, 2.24) is 15.5 Å². The Morgan fingerprint density at radius 1 is 1.26 bits per heavy atom. The minimum Gasteiger partial charge on any atom is -0.370 e. The first kappa shape index (κ1) is 15.4. The largest absolute Gasteiger partial charge is 0.370 e. The molecule has 0 aliphatic carbocycles. The topological polar surface area (TPSA) is 105 Å². The molecule has 3 amide bonds.